The molecule has 1 saturated carbocycles. The number of piperazine rings is 1. The Bertz CT molecular complexity index is 1260. The van der Waals surface area contributed by atoms with Gasteiger partial charge in [0.15, 0.2) is 0 Å². The van der Waals surface area contributed by atoms with Crippen LogP contribution in [0.25, 0.3) is 0 Å². The number of benzene rings is 1. The van der Waals surface area contributed by atoms with Crippen molar-refractivity contribution in [2.24, 2.45) is 5.73 Å². The fourth-order valence-corrected chi connectivity index (χ4v) is 4.87. The van der Waals surface area contributed by atoms with Crippen LogP contribution < -0.4 is 21.1 Å². The highest BCUT2D eigenvalue weighted by Gasteiger charge is 2.49. The Balaban J connectivity index is 0.00000102. The molecule has 1 aromatic carbocycles. The van der Waals surface area contributed by atoms with Crippen molar-refractivity contribution in [3.05, 3.63) is 75.7 Å². The minimum atomic E-state index is 0.180. The van der Waals surface area contributed by atoms with Gasteiger partial charge in [0.2, 0.25) is 6.41 Å². The maximum Gasteiger partial charge on any atom is 0.204 e. The van der Waals surface area contributed by atoms with Crippen LogP contribution in [0.15, 0.2) is 48.9 Å². The third-order valence-corrected chi connectivity index (χ3v) is 7.47. The topological polar surface area (TPSA) is 134 Å². The minimum absolute atomic E-state index is 0.180. The van der Waals surface area contributed by atoms with E-state index in [2.05, 4.69) is 32.5 Å². The number of nitrogens with two attached hydrogens (primary N) is 2. The fraction of sp³-hybridized carbons (Fsp3) is 0.308. The van der Waals surface area contributed by atoms with Crippen LogP contribution in [0.2, 0.25) is 10.0 Å². The Labute approximate surface area is 225 Å². The summed E-state index contributed by atoms with van der Waals surface area (Å²) < 4.78 is 5.89. The number of nitrogen functional groups attached to an aromatic ring is 1. The first kappa shape index (κ1) is 26.7. The van der Waals surface area contributed by atoms with Crippen LogP contribution in [0.3, 0.4) is 0 Å². The van der Waals surface area contributed by atoms with Crippen molar-refractivity contribution in [1.29, 1.82) is 5.41 Å². The van der Waals surface area contributed by atoms with Gasteiger partial charge in [-0.1, -0.05) is 23.2 Å². The Morgan fingerprint density at radius 3 is 2.49 bits per heavy atom. The summed E-state index contributed by atoms with van der Waals surface area (Å²) in [5.41, 5.74) is 13.4. The molecule has 2 aromatic heterocycles. The second kappa shape index (κ2) is 11.3. The number of amides is 1. The monoisotopic (exact) mass is 541 g/mol. The summed E-state index contributed by atoms with van der Waals surface area (Å²) in [5, 5.41) is 9.62. The molecule has 37 heavy (non-hydrogen) atoms. The predicted molar refractivity (Wildman–Crippen MR) is 147 cm³/mol. The van der Waals surface area contributed by atoms with E-state index in [0.29, 0.717) is 49.4 Å². The van der Waals surface area contributed by atoms with E-state index in [1.165, 1.54) is 25.2 Å². The van der Waals surface area contributed by atoms with Crippen molar-refractivity contribution in [3.8, 4) is 5.75 Å². The Morgan fingerprint density at radius 2 is 1.86 bits per heavy atom. The SMILES string of the molecule is CN1CCN(c2ccc(C(=N)c3cc(OCc4c(Cl)cncc4Cl)ccc3N)cn2)CC12CC2.NC=O. The minimum Gasteiger partial charge on any atom is -0.489 e. The van der Waals surface area contributed by atoms with Gasteiger partial charge >= 0.3 is 0 Å². The maximum absolute atomic E-state index is 8.74. The molecule has 3 aromatic rings. The molecule has 1 aliphatic carbocycles. The number of carbonyl (C=O) groups excluding carboxylic acids is 1. The summed E-state index contributed by atoms with van der Waals surface area (Å²) in [4.78, 5) is 22.0. The lowest BCUT2D eigenvalue weighted by Crippen LogP contribution is -2.53. The van der Waals surface area contributed by atoms with Crippen molar-refractivity contribution in [2.75, 3.05) is 37.3 Å². The van der Waals surface area contributed by atoms with Gasteiger partial charge in [0.05, 0.1) is 15.8 Å². The Hall–Kier alpha value is -3.40. The van der Waals surface area contributed by atoms with Gasteiger partial charge in [-0.3, -0.25) is 20.1 Å². The third kappa shape index (κ3) is 5.95. The first-order chi connectivity index (χ1) is 17.8. The average Bonchev–Trinajstić information content (AvgIpc) is 3.67. The lowest BCUT2D eigenvalue weighted by molar-refractivity contribution is -0.106. The second-order valence-electron chi connectivity index (χ2n) is 9.10. The highest BCUT2D eigenvalue weighted by Crippen LogP contribution is 2.43. The Kier molecular flexibility index (Phi) is 8.16. The van der Waals surface area contributed by atoms with Crippen LogP contribution in [0.5, 0.6) is 5.75 Å². The maximum atomic E-state index is 8.74. The number of likely N-dealkylation sites (N-methyl/N-ethyl adjacent to an activating group) is 1. The smallest absolute Gasteiger partial charge is 0.204 e. The van der Waals surface area contributed by atoms with Crippen LogP contribution in [-0.4, -0.2) is 59.2 Å². The number of pyridine rings is 2. The van der Waals surface area contributed by atoms with Crippen molar-refractivity contribution in [1.82, 2.24) is 14.9 Å². The molecule has 3 heterocycles. The van der Waals surface area contributed by atoms with Gasteiger partial charge in [-0.05, 0) is 50.2 Å². The molecule has 2 aliphatic rings. The predicted octanol–water partition coefficient (Wildman–Crippen LogP) is 3.75. The van der Waals surface area contributed by atoms with Crippen LogP contribution in [0.1, 0.15) is 29.5 Å². The normalized spacial score (nSPS) is 16.0. The van der Waals surface area contributed by atoms with Gasteiger partial charge in [-0.25, -0.2) is 4.98 Å². The second-order valence-corrected chi connectivity index (χ2v) is 9.92. The van der Waals surface area contributed by atoms with E-state index in [0.717, 1.165) is 25.5 Å². The van der Waals surface area contributed by atoms with E-state index < -0.39 is 0 Å². The van der Waals surface area contributed by atoms with Crippen molar-refractivity contribution >= 4 is 46.8 Å². The molecular formula is C26H29Cl2N7O2. The van der Waals surface area contributed by atoms with Crippen molar-refractivity contribution in [3.63, 3.8) is 0 Å². The van der Waals surface area contributed by atoms with Crippen molar-refractivity contribution < 1.29 is 9.53 Å². The number of hydrogen-bond acceptors (Lipinski definition) is 8. The average molecular weight is 542 g/mol. The van der Waals surface area contributed by atoms with E-state index >= 15 is 0 Å². The lowest BCUT2D eigenvalue weighted by Gasteiger charge is -2.40. The van der Waals surface area contributed by atoms with Crippen LogP contribution >= 0.6 is 23.2 Å². The molecule has 11 heteroatoms. The first-order valence-corrected chi connectivity index (χ1v) is 12.5. The van der Waals surface area contributed by atoms with Crippen LogP contribution in [0.4, 0.5) is 11.5 Å². The number of carbonyl (C=O) groups is 1. The molecular weight excluding hydrogens is 513 g/mol. The molecule has 0 radical (unpaired) electrons. The highest BCUT2D eigenvalue weighted by atomic mass is 35.5. The zero-order valence-electron chi connectivity index (χ0n) is 20.5. The number of halogens is 2. The summed E-state index contributed by atoms with van der Waals surface area (Å²) in [7, 11) is 2.21. The molecule has 0 unspecified atom stereocenters. The number of hydrogen-bond donors (Lipinski definition) is 3. The molecule has 1 spiro atoms. The standard InChI is InChI=1S/C25H26Cl2N6O.CH3NO/c1-32-8-9-33(15-25(32)6-7-25)23-5-2-16(11-31-23)24(29)18-10-17(3-4-22(18)28)34-14-19-20(26)12-30-13-21(19)27;2-1-3/h2-5,10-13,29H,6-9,14-15,28H2,1H3;1H,(H2,2,3). The molecule has 9 nitrogen and oxygen atoms in total. The third-order valence-electron chi connectivity index (χ3n) is 6.82. The van der Waals surface area contributed by atoms with Crippen LogP contribution in [-0.2, 0) is 11.4 Å². The van der Waals surface area contributed by atoms with E-state index in [4.69, 9.17) is 43.9 Å². The van der Waals surface area contributed by atoms with Gasteiger partial charge in [-0.15, -0.1) is 0 Å². The summed E-state index contributed by atoms with van der Waals surface area (Å²) >= 11 is 12.4. The lowest BCUT2D eigenvalue weighted by atomic mass is 10.0. The summed E-state index contributed by atoms with van der Waals surface area (Å²) in [6.45, 7) is 3.18. The van der Waals surface area contributed by atoms with Crippen molar-refractivity contribution in [2.45, 2.75) is 25.0 Å². The zero-order chi connectivity index (χ0) is 26.6. The van der Waals surface area contributed by atoms with Crippen LogP contribution in [0, 0.1) is 5.41 Å². The molecule has 1 aliphatic heterocycles. The number of anilines is 2. The number of nitrogens with one attached hydrogen (secondary N) is 1. The number of ether oxygens (including phenoxy) is 1. The summed E-state index contributed by atoms with van der Waals surface area (Å²) in [6, 6.07) is 9.18. The van der Waals surface area contributed by atoms with Gasteiger partial charge in [0.25, 0.3) is 0 Å². The molecule has 1 amide bonds. The van der Waals surface area contributed by atoms with E-state index in [-0.39, 0.29) is 13.0 Å². The Morgan fingerprint density at radius 1 is 1.16 bits per heavy atom. The summed E-state index contributed by atoms with van der Waals surface area (Å²) in [6.07, 6.45) is 7.55. The number of rotatable bonds is 6. The van der Waals surface area contributed by atoms with Gasteiger partial charge < -0.3 is 21.1 Å². The molecule has 1 saturated heterocycles. The molecule has 0 bridgehead atoms. The number of nitrogens with zero attached hydrogens (tertiary/aromatic N) is 4. The van der Waals surface area contributed by atoms with E-state index in [1.54, 1.807) is 24.4 Å². The molecule has 2 fully saturated rings. The van der Waals surface area contributed by atoms with E-state index in [1.807, 2.05) is 12.1 Å². The molecule has 194 valence electrons. The zero-order valence-corrected chi connectivity index (χ0v) is 22.0. The van der Waals surface area contributed by atoms with Gasteiger partial charge in [0, 0.05) is 66.1 Å². The number of aromatic nitrogens is 2. The highest BCUT2D eigenvalue weighted by molar-refractivity contribution is 6.35. The van der Waals surface area contributed by atoms with E-state index in [9.17, 15) is 0 Å². The molecule has 0 atom stereocenters. The number of primary amides is 1. The quantitative estimate of drug-likeness (QED) is 0.245. The largest absolute Gasteiger partial charge is 0.489 e. The van der Waals surface area contributed by atoms with Gasteiger partial charge in [-0.2, -0.15) is 0 Å². The van der Waals surface area contributed by atoms with Gasteiger partial charge in [0.1, 0.15) is 18.2 Å². The molecule has 5 rings (SSSR count). The summed E-state index contributed by atoms with van der Waals surface area (Å²) in [5.74, 6) is 1.52. The molecule has 5 N–H and O–H groups in total. The fourth-order valence-electron chi connectivity index (χ4n) is 4.39. The first-order valence-electron chi connectivity index (χ1n) is 11.7.